The number of unbranched alkanes of at least 4 members (excludes halogenated alkanes) is 1. The van der Waals surface area contributed by atoms with Gasteiger partial charge >= 0.3 is 0 Å². The Labute approximate surface area is 801 Å². The molecule has 0 aromatic heterocycles. The van der Waals surface area contributed by atoms with Gasteiger partial charge in [-0.3, -0.25) is 86.9 Å². The standard InChI is InChI=1S/C72H70N4O10.C28H42N2O5Si2.C5H9NO2Si.C2H6O2/c1-41-11-27-49(28-12-41)85-50-29-19-45(20-30-50)46-21-31-51(32-22-46)86-52-33-25-48(26-34-52)76-64(78)39-60(70(76)82)58-37-62-66(56-10-6-4-8-54(56)58)72(84)74(68(62)80)40-44-15-13-42(14-16-44)35-43-17-23-47(24-18-43)75-63(77)38-59(69(75)81)57-36-61-65(71(83)73(2)67(61)79)55-9-5-3-7-53(55)57;1-7-8-15-36(3,4)35-37(5,6)16-11-14-30-24(31)18-22(27(30)33)21-17-23-25(28(34)29(2)26(23)32)20-13-10-9-12-19(20)21;1-8-9-4-2-3-6-5-7;1-3-4-2/h3-12,19-22,25-34,42-44,47,57-62,65-66H,13-18,23-24,35-40H2,1-2H3;9-10,12-13,21-23,25H,7-8,11,14-18H2,1-6H3;2-4H2,1H3;1-2H3. The van der Waals surface area contributed by atoms with Gasteiger partial charge in [-0.15, -0.1) is 0 Å². The van der Waals surface area contributed by atoms with E-state index in [-0.39, 0.29) is 114 Å². The molecule has 11 aliphatic rings. The highest BCUT2D eigenvalue weighted by Crippen LogP contribution is 2.57. The first-order valence-electron chi connectivity index (χ1n) is 48.5. The maximum absolute atomic E-state index is 14.5. The maximum Gasteiger partial charge on any atom is 0.238 e. The van der Waals surface area contributed by atoms with E-state index < -0.39 is 75.8 Å². The molecule has 6 aliphatic heterocycles. The van der Waals surface area contributed by atoms with Crippen molar-refractivity contribution >= 4 is 109 Å². The van der Waals surface area contributed by atoms with E-state index in [0.717, 1.165) is 139 Å². The smallest absolute Gasteiger partial charge is 0.238 e. The van der Waals surface area contributed by atoms with E-state index in [1.165, 1.54) is 83.3 Å². The minimum atomic E-state index is -1.90. The van der Waals surface area contributed by atoms with Gasteiger partial charge < -0.3 is 18.0 Å². The third-order valence-corrected chi connectivity index (χ3v) is 38.7. The SMILES string of the molecule is CCCC[Si](C)(C)O[Si](C)(C)CCCN1C(=O)CC(C2CC3C(=O)N(C)C(=O)C3c3ccccc32)C1=O.COOC.CO[Si]CCCN=C=O.Cc1ccc(Oc2ccc(-c3ccc(Oc4ccc(N5C(=O)CC(C6CC7C(=O)N(CC8CCC(CC9CCC(N%10C(=O)CC(C%11CC%12C(=O)N(C)C(=O)C%12c%12ccccc%12%11)C%10=O)CC9)CC8)C(=O)C7c7ccccc76)C5=O)cc4)cc3)cc2)cc1. The molecule has 12 amide bonds. The third kappa shape index (κ3) is 21.6. The molecule has 0 spiro atoms. The average Bonchev–Trinajstić information content (AvgIpc) is 1.58. The van der Waals surface area contributed by atoms with Gasteiger partial charge in [-0.2, -0.15) is 0 Å². The molecule has 0 N–H and O–H groups in total. The number of isocyanates is 1. The van der Waals surface area contributed by atoms with Crippen LogP contribution in [0.4, 0.5) is 5.69 Å². The molecule has 2 radical (unpaired) electrons. The van der Waals surface area contributed by atoms with E-state index >= 15 is 0 Å². The number of hydrogen-bond acceptors (Lipinski definition) is 20. The van der Waals surface area contributed by atoms with E-state index in [0.29, 0.717) is 77.7 Å². The molecule has 12 atom stereocenters. The first kappa shape index (κ1) is 99.3. The first-order chi connectivity index (χ1) is 65.4. The number of hydrogen-bond donors (Lipinski definition) is 0. The van der Waals surface area contributed by atoms with Crippen LogP contribution < -0.4 is 14.4 Å². The molecule has 0 bridgehead atoms. The molecular weight excluding hydrogens is 1770 g/mol. The summed E-state index contributed by atoms with van der Waals surface area (Å²) in [4.78, 5) is 193. The van der Waals surface area contributed by atoms with Gasteiger partial charge in [0.25, 0.3) is 0 Å². The first-order valence-corrected chi connectivity index (χ1v) is 55.9. The zero-order valence-electron chi connectivity index (χ0n) is 80.0. The Balaban J connectivity index is 0.000000232. The van der Waals surface area contributed by atoms with Crippen molar-refractivity contribution in [2.24, 2.45) is 58.3 Å². The Hall–Kier alpha value is -11.1. The van der Waals surface area contributed by atoms with Gasteiger partial charge in [0, 0.05) is 59.6 Å². The van der Waals surface area contributed by atoms with Crippen molar-refractivity contribution in [1.29, 1.82) is 0 Å². The number of ether oxygens (including phenoxy) is 2. The summed E-state index contributed by atoms with van der Waals surface area (Å²) in [6.45, 7) is 14.7. The van der Waals surface area contributed by atoms with Crippen molar-refractivity contribution in [3.8, 4) is 34.1 Å². The lowest BCUT2D eigenvalue weighted by Gasteiger charge is -2.37. The zero-order chi connectivity index (χ0) is 96.6. The number of carbonyl (C=O) groups excluding carboxylic acids is 13. The van der Waals surface area contributed by atoms with Crippen molar-refractivity contribution in [3.63, 3.8) is 0 Å². The Bertz CT molecular complexity index is 5630. The molecule has 7 aromatic rings. The summed E-state index contributed by atoms with van der Waals surface area (Å²) in [6.07, 6.45) is 15.3. The van der Waals surface area contributed by atoms with E-state index in [1.54, 1.807) is 36.3 Å². The van der Waals surface area contributed by atoms with Crippen LogP contribution in [0.3, 0.4) is 0 Å². The number of likely N-dealkylation sites (tertiary alicyclic amines) is 5. The number of fused-ring (bicyclic) bond motifs is 9. The molecule has 716 valence electrons. The van der Waals surface area contributed by atoms with Crippen LogP contribution in [0, 0.1) is 60.2 Å². The minimum Gasteiger partial charge on any atom is -0.457 e. The highest BCUT2D eigenvalue weighted by molar-refractivity contribution is 6.84. The summed E-state index contributed by atoms with van der Waals surface area (Å²) >= 11 is 0. The molecule has 5 aliphatic carbocycles. The molecule has 26 nitrogen and oxygen atoms in total. The van der Waals surface area contributed by atoms with Crippen LogP contribution in [0.5, 0.6) is 23.0 Å². The van der Waals surface area contributed by atoms with Gasteiger partial charge in [-0.05, 0) is 269 Å². The van der Waals surface area contributed by atoms with Gasteiger partial charge in [0.05, 0.1) is 79.7 Å². The molecule has 6 saturated heterocycles. The van der Waals surface area contributed by atoms with Gasteiger partial charge in [-0.25, -0.2) is 19.6 Å². The molecule has 136 heavy (non-hydrogen) atoms. The summed E-state index contributed by atoms with van der Waals surface area (Å²) in [7, 11) is 4.59. The van der Waals surface area contributed by atoms with Crippen LogP contribution in [0.2, 0.25) is 44.3 Å². The average molecular weight is 1900 g/mol. The second-order valence-corrected chi connectivity index (χ2v) is 49.9. The fourth-order valence-corrected chi connectivity index (χ4v) is 33.1. The Morgan fingerprint density at radius 1 is 0.412 bits per heavy atom. The fourth-order valence-electron chi connectivity index (χ4n) is 23.6. The van der Waals surface area contributed by atoms with E-state index in [2.05, 4.69) is 47.9 Å². The van der Waals surface area contributed by atoms with Gasteiger partial charge in [0.2, 0.25) is 86.7 Å². The third-order valence-electron chi connectivity index (χ3n) is 30.3. The van der Waals surface area contributed by atoms with Gasteiger partial charge in [-0.1, -0.05) is 147 Å². The number of likely N-dealkylation sites (N-methyl/N-ethyl adjacent to an activating group) is 2. The zero-order valence-corrected chi connectivity index (χ0v) is 83.0. The summed E-state index contributed by atoms with van der Waals surface area (Å²) in [5.41, 5.74) is 8.81. The monoisotopic (exact) mass is 1900 g/mol. The predicted octanol–water partition coefficient (Wildman–Crippen LogP) is 17.9. The molecule has 8 fully saturated rings. The van der Waals surface area contributed by atoms with E-state index in [1.807, 2.05) is 153 Å². The molecular formula is C107H127N7O19Si3. The topological polar surface area (TPSA) is 309 Å². The molecule has 29 heteroatoms. The molecule has 18 rings (SSSR count). The van der Waals surface area contributed by atoms with Crippen LogP contribution in [0.1, 0.15) is 203 Å². The van der Waals surface area contributed by atoms with E-state index in [4.69, 9.17) is 18.0 Å². The second-order valence-electron chi connectivity index (χ2n) is 39.9. The van der Waals surface area contributed by atoms with Crippen molar-refractivity contribution in [2.45, 2.75) is 222 Å². The molecule has 2 saturated carbocycles. The number of amides is 12. The second kappa shape index (κ2) is 43.7. The number of anilines is 1. The Morgan fingerprint density at radius 2 is 0.816 bits per heavy atom. The summed E-state index contributed by atoms with van der Waals surface area (Å²) in [6, 6.07) is 56.5. The van der Waals surface area contributed by atoms with Crippen molar-refractivity contribution in [2.75, 3.05) is 60.0 Å². The predicted molar refractivity (Wildman–Crippen MR) is 518 cm³/mol. The summed E-state index contributed by atoms with van der Waals surface area (Å²) in [5.74, 6) is -4.22. The molecule has 12 unspecified atom stereocenters. The van der Waals surface area contributed by atoms with Crippen molar-refractivity contribution in [1.82, 2.24) is 24.5 Å². The number of imide groups is 6. The van der Waals surface area contributed by atoms with E-state index in [9.17, 15) is 62.3 Å². The number of aryl methyl sites for hydroxylation is 1. The number of aliphatic imine (C=N–C) groups is 1. The maximum atomic E-state index is 14.5. The molecule has 6 heterocycles. The summed E-state index contributed by atoms with van der Waals surface area (Å²) in [5, 5.41) is 0. The Morgan fingerprint density at radius 3 is 1.29 bits per heavy atom. The number of rotatable bonds is 29. The number of nitrogens with zero attached hydrogens (tertiary/aromatic N) is 7. The van der Waals surface area contributed by atoms with Gasteiger partial charge in [0.1, 0.15) is 23.0 Å². The Kier molecular flexibility index (Phi) is 31.9. The van der Waals surface area contributed by atoms with Crippen molar-refractivity contribution < 1.29 is 90.1 Å². The minimum absolute atomic E-state index is 0.00267. The highest BCUT2D eigenvalue weighted by Gasteiger charge is 2.60. The van der Waals surface area contributed by atoms with Crippen LogP contribution >= 0.6 is 0 Å². The lowest BCUT2D eigenvalue weighted by atomic mass is 9.67. The fraction of sp³-hybridized carbons (Fsp3) is 0.486. The molecule has 7 aromatic carbocycles. The quantitative estimate of drug-likeness (QED) is 0.00800. The lowest BCUT2D eigenvalue weighted by Crippen LogP contribution is -2.44. The highest BCUT2D eigenvalue weighted by atomic mass is 28.4. The van der Waals surface area contributed by atoms with Crippen LogP contribution in [0.25, 0.3) is 11.1 Å². The number of carbonyl (C=O) groups is 12. The normalized spacial score (nSPS) is 26.2. The van der Waals surface area contributed by atoms with Crippen molar-refractivity contribution in [3.05, 3.63) is 209 Å². The van der Waals surface area contributed by atoms with Crippen LogP contribution in [-0.2, 0) is 80.6 Å². The van der Waals surface area contributed by atoms with Gasteiger partial charge in [0.15, 0.2) is 16.6 Å². The van der Waals surface area contributed by atoms with Crippen LogP contribution in [0.15, 0.2) is 175 Å². The lowest BCUT2D eigenvalue weighted by molar-refractivity contribution is -0.248. The van der Waals surface area contributed by atoms with Crippen LogP contribution in [-0.4, -0.2) is 189 Å². The number of benzene rings is 7. The summed E-state index contributed by atoms with van der Waals surface area (Å²) < 4.78 is 23.7. The largest absolute Gasteiger partial charge is 0.457 e.